The van der Waals surface area contributed by atoms with Crippen molar-refractivity contribution in [2.75, 3.05) is 31.9 Å². The fourth-order valence-electron chi connectivity index (χ4n) is 3.90. The molecule has 7 nitrogen and oxygen atoms in total. The summed E-state index contributed by atoms with van der Waals surface area (Å²) in [6.07, 6.45) is 1.08. The molecule has 158 valence electrons. The van der Waals surface area contributed by atoms with Crippen molar-refractivity contribution >= 4 is 17.5 Å². The molecule has 1 unspecified atom stereocenters. The first kappa shape index (κ1) is 20.4. The fraction of sp³-hybridized carbons (Fsp3) is 0.391. The summed E-state index contributed by atoms with van der Waals surface area (Å²) in [6.45, 7) is 3.75. The van der Waals surface area contributed by atoms with Crippen molar-refractivity contribution in [3.05, 3.63) is 53.6 Å². The van der Waals surface area contributed by atoms with Gasteiger partial charge < -0.3 is 26.4 Å². The maximum Gasteiger partial charge on any atom is 0.254 e. The summed E-state index contributed by atoms with van der Waals surface area (Å²) in [6, 6.07) is 13.2. The average molecular weight is 409 g/mol. The molecule has 0 aromatic heterocycles. The van der Waals surface area contributed by atoms with E-state index in [0.717, 1.165) is 16.7 Å². The molecule has 5 N–H and O–H groups in total. The number of piperazine rings is 1. The molecule has 1 saturated heterocycles. The molecule has 1 saturated carbocycles. The monoisotopic (exact) mass is 408 g/mol. The Morgan fingerprint density at radius 3 is 2.07 bits per heavy atom. The molecule has 0 bridgehead atoms. The summed E-state index contributed by atoms with van der Waals surface area (Å²) in [5, 5.41) is 10.00. The van der Waals surface area contributed by atoms with E-state index in [9.17, 15) is 14.7 Å². The first-order chi connectivity index (χ1) is 14.3. The van der Waals surface area contributed by atoms with Gasteiger partial charge in [-0.1, -0.05) is 24.3 Å². The lowest BCUT2D eigenvalue weighted by Gasteiger charge is -2.35. The normalized spacial score (nSPS) is 18.8. The zero-order valence-electron chi connectivity index (χ0n) is 17.2. The lowest BCUT2D eigenvalue weighted by Crippen LogP contribution is -2.53. The summed E-state index contributed by atoms with van der Waals surface area (Å²) < 4.78 is 0. The van der Waals surface area contributed by atoms with E-state index < -0.39 is 5.60 Å². The number of nitrogen functional groups attached to an aromatic ring is 1. The van der Waals surface area contributed by atoms with Crippen LogP contribution >= 0.6 is 0 Å². The molecule has 2 fully saturated rings. The number of rotatable bonds is 4. The summed E-state index contributed by atoms with van der Waals surface area (Å²) >= 11 is 0. The molecule has 30 heavy (non-hydrogen) atoms. The van der Waals surface area contributed by atoms with Crippen LogP contribution in [0.4, 0.5) is 5.69 Å². The Morgan fingerprint density at radius 2 is 1.53 bits per heavy atom. The van der Waals surface area contributed by atoms with Crippen LogP contribution in [-0.2, 0) is 4.79 Å². The van der Waals surface area contributed by atoms with E-state index in [2.05, 4.69) is 0 Å². The summed E-state index contributed by atoms with van der Waals surface area (Å²) in [4.78, 5) is 28.5. The molecule has 7 heteroatoms. The number of carbonyl (C=O) groups excluding carboxylic acids is 2. The van der Waals surface area contributed by atoms with Crippen LogP contribution in [0.2, 0.25) is 0 Å². The summed E-state index contributed by atoms with van der Waals surface area (Å²) in [5.74, 6) is -0.251. The van der Waals surface area contributed by atoms with E-state index in [1.807, 2.05) is 49.4 Å². The number of nitrogens with zero attached hydrogens (tertiary/aromatic N) is 2. The molecule has 2 aliphatic rings. The molecule has 4 rings (SSSR count). The van der Waals surface area contributed by atoms with E-state index in [1.54, 1.807) is 9.80 Å². The predicted molar refractivity (Wildman–Crippen MR) is 116 cm³/mol. The highest BCUT2D eigenvalue weighted by Crippen LogP contribution is 2.37. The molecule has 0 radical (unpaired) electrons. The third kappa shape index (κ3) is 3.91. The Labute approximate surface area is 176 Å². The van der Waals surface area contributed by atoms with Gasteiger partial charge in [-0.3, -0.25) is 9.59 Å². The van der Waals surface area contributed by atoms with Crippen LogP contribution < -0.4 is 11.5 Å². The van der Waals surface area contributed by atoms with Gasteiger partial charge in [-0.25, -0.2) is 0 Å². The lowest BCUT2D eigenvalue weighted by atomic mass is 9.99. The second-order valence-electron chi connectivity index (χ2n) is 8.33. The Balaban J connectivity index is 1.40. The quantitative estimate of drug-likeness (QED) is 0.668. The minimum Gasteiger partial charge on any atom is -0.398 e. The SMILES string of the molecule is CC(N)c1ccc(-c2ccc(C(=O)N3CCN(C(=O)C4(O)CC4)CC3)cc2)cc1N. The number of anilines is 1. The topological polar surface area (TPSA) is 113 Å². The van der Waals surface area contributed by atoms with E-state index in [1.165, 1.54) is 0 Å². The van der Waals surface area contributed by atoms with Gasteiger partial charge in [-0.15, -0.1) is 0 Å². The van der Waals surface area contributed by atoms with Crippen molar-refractivity contribution in [3.63, 3.8) is 0 Å². The second kappa shape index (κ2) is 7.74. The largest absolute Gasteiger partial charge is 0.398 e. The van der Waals surface area contributed by atoms with Gasteiger partial charge in [0.05, 0.1) is 0 Å². The first-order valence-corrected chi connectivity index (χ1v) is 10.3. The van der Waals surface area contributed by atoms with Gasteiger partial charge in [-0.05, 0) is 54.7 Å². The minimum absolute atomic E-state index is 0.0504. The number of amides is 2. The zero-order chi connectivity index (χ0) is 21.5. The van der Waals surface area contributed by atoms with E-state index >= 15 is 0 Å². The van der Waals surface area contributed by atoms with E-state index in [-0.39, 0.29) is 17.9 Å². The van der Waals surface area contributed by atoms with Crippen molar-refractivity contribution < 1.29 is 14.7 Å². The van der Waals surface area contributed by atoms with Gasteiger partial charge in [0.25, 0.3) is 11.8 Å². The van der Waals surface area contributed by atoms with Gasteiger partial charge in [0.2, 0.25) is 0 Å². The standard InChI is InChI=1S/C23H28N4O3/c1-15(24)19-7-6-18(14-20(19)25)16-2-4-17(5-3-16)21(28)26-10-12-27(13-11-26)22(29)23(30)8-9-23/h2-7,14-15,30H,8-13,24-25H2,1H3. The molecular weight excluding hydrogens is 380 g/mol. The third-order valence-corrected chi connectivity index (χ3v) is 6.02. The van der Waals surface area contributed by atoms with Crippen molar-refractivity contribution in [1.29, 1.82) is 0 Å². The van der Waals surface area contributed by atoms with Gasteiger partial charge in [0.1, 0.15) is 5.60 Å². The molecule has 1 aliphatic carbocycles. The molecule has 2 aromatic rings. The summed E-state index contributed by atoms with van der Waals surface area (Å²) in [7, 11) is 0. The maximum absolute atomic E-state index is 12.8. The lowest BCUT2D eigenvalue weighted by molar-refractivity contribution is -0.143. The molecular formula is C23H28N4O3. The Bertz CT molecular complexity index is 959. The Hall–Kier alpha value is -2.90. The number of hydrogen-bond acceptors (Lipinski definition) is 5. The third-order valence-electron chi connectivity index (χ3n) is 6.02. The van der Waals surface area contributed by atoms with Crippen LogP contribution in [0.15, 0.2) is 42.5 Å². The van der Waals surface area contributed by atoms with Crippen LogP contribution in [-0.4, -0.2) is 58.5 Å². The molecule has 2 amide bonds. The van der Waals surface area contributed by atoms with Gasteiger partial charge in [-0.2, -0.15) is 0 Å². The first-order valence-electron chi connectivity index (χ1n) is 10.3. The van der Waals surface area contributed by atoms with Crippen molar-refractivity contribution in [2.45, 2.75) is 31.4 Å². The molecule has 0 spiro atoms. The molecule has 1 heterocycles. The van der Waals surface area contributed by atoms with Crippen LogP contribution in [0.5, 0.6) is 0 Å². The number of aliphatic hydroxyl groups is 1. The average Bonchev–Trinajstić information content (AvgIpc) is 3.51. The molecule has 2 aromatic carbocycles. The number of carbonyl (C=O) groups is 2. The van der Waals surface area contributed by atoms with E-state index in [4.69, 9.17) is 11.5 Å². The molecule has 1 aliphatic heterocycles. The van der Waals surface area contributed by atoms with Gasteiger partial charge >= 0.3 is 0 Å². The van der Waals surface area contributed by atoms with Crippen molar-refractivity contribution in [1.82, 2.24) is 9.80 Å². The minimum atomic E-state index is -1.15. The highest BCUT2D eigenvalue weighted by atomic mass is 16.3. The van der Waals surface area contributed by atoms with Crippen LogP contribution in [0, 0.1) is 0 Å². The van der Waals surface area contributed by atoms with Gasteiger partial charge in [0.15, 0.2) is 0 Å². The number of hydrogen-bond donors (Lipinski definition) is 3. The van der Waals surface area contributed by atoms with Gasteiger partial charge in [0, 0.05) is 43.5 Å². The highest BCUT2D eigenvalue weighted by molar-refractivity contribution is 5.95. The Morgan fingerprint density at radius 1 is 0.967 bits per heavy atom. The van der Waals surface area contributed by atoms with Crippen LogP contribution in [0.1, 0.15) is 41.7 Å². The fourth-order valence-corrected chi connectivity index (χ4v) is 3.90. The van der Waals surface area contributed by atoms with Crippen molar-refractivity contribution in [2.24, 2.45) is 5.73 Å². The number of nitrogens with two attached hydrogens (primary N) is 2. The van der Waals surface area contributed by atoms with E-state index in [0.29, 0.717) is 50.3 Å². The predicted octanol–water partition coefficient (Wildman–Crippen LogP) is 1.76. The smallest absolute Gasteiger partial charge is 0.254 e. The zero-order valence-corrected chi connectivity index (χ0v) is 17.2. The molecule has 1 atom stereocenters. The van der Waals surface area contributed by atoms with Crippen LogP contribution in [0.25, 0.3) is 11.1 Å². The van der Waals surface area contributed by atoms with Crippen molar-refractivity contribution in [3.8, 4) is 11.1 Å². The number of benzene rings is 2. The Kier molecular flexibility index (Phi) is 5.26. The highest BCUT2D eigenvalue weighted by Gasteiger charge is 2.50. The van der Waals surface area contributed by atoms with Crippen LogP contribution in [0.3, 0.4) is 0 Å². The second-order valence-corrected chi connectivity index (χ2v) is 8.33. The maximum atomic E-state index is 12.8. The summed E-state index contributed by atoms with van der Waals surface area (Å²) in [5.41, 5.74) is 15.0.